The van der Waals surface area contributed by atoms with Gasteiger partial charge < -0.3 is 15.6 Å². The van der Waals surface area contributed by atoms with Crippen molar-refractivity contribution in [2.24, 2.45) is 5.73 Å². The van der Waals surface area contributed by atoms with E-state index >= 15 is 0 Å². The van der Waals surface area contributed by atoms with Crippen molar-refractivity contribution in [3.05, 3.63) is 22.3 Å². The summed E-state index contributed by atoms with van der Waals surface area (Å²) in [6.45, 7) is 0. The van der Waals surface area contributed by atoms with E-state index in [1.165, 1.54) is 13.3 Å². The van der Waals surface area contributed by atoms with Gasteiger partial charge in [-0.3, -0.25) is 4.79 Å². The molecule has 0 aliphatic rings. The van der Waals surface area contributed by atoms with E-state index in [1.54, 1.807) is 6.07 Å². The lowest BCUT2D eigenvalue weighted by Gasteiger charge is -2.12. The van der Waals surface area contributed by atoms with Crippen LogP contribution < -0.4 is 10.5 Å². The maximum Gasteiger partial charge on any atom is 0.305 e. The summed E-state index contributed by atoms with van der Waals surface area (Å²) in [6, 6.07) is 1.05. The Labute approximate surface area is 95.4 Å². The quantitative estimate of drug-likeness (QED) is 0.865. The van der Waals surface area contributed by atoms with E-state index in [-0.39, 0.29) is 6.42 Å². The molecule has 82 valence electrons. The van der Waals surface area contributed by atoms with Gasteiger partial charge in [-0.25, -0.2) is 4.98 Å². The number of ether oxygens (including phenoxy) is 1. The smallest absolute Gasteiger partial charge is 0.305 e. The molecule has 0 amide bonds. The van der Waals surface area contributed by atoms with Crippen molar-refractivity contribution >= 4 is 21.9 Å². The number of nitrogens with zero attached hydrogens (tertiary/aromatic N) is 1. The molecule has 1 aromatic rings. The highest BCUT2D eigenvalue weighted by Crippen LogP contribution is 2.26. The molecule has 1 unspecified atom stereocenters. The van der Waals surface area contributed by atoms with E-state index in [4.69, 9.17) is 15.6 Å². The van der Waals surface area contributed by atoms with Gasteiger partial charge in [0.1, 0.15) is 0 Å². The maximum absolute atomic E-state index is 10.5. The number of hydrogen-bond acceptors (Lipinski definition) is 4. The van der Waals surface area contributed by atoms with E-state index in [1.807, 2.05) is 0 Å². The number of hydrogen-bond donors (Lipinski definition) is 2. The third kappa shape index (κ3) is 3.17. The molecular formula is C9H11BrN2O3. The Hall–Kier alpha value is -1.14. The highest BCUT2D eigenvalue weighted by Gasteiger charge is 2.14. The van der Waals surface area contributed by atoms with Crippen LogP contribution in [-0.2, 0) is 4.79 Å². The van der Waals surface area contributed by atoms with Crippen molar-refractivity contribution in [3.8, 4) is 5.88 Å². The van der Waals surface area contributed by atoms with Crippen LogP contribution >= 0.6 is 15.9 Å². The fourth-order valence-electron chi connectivity index (χ4n) is 1.13. The Morgan fingerprint density at radius 1 is 1.80 bits per heavy atom. The van der Waals surface area contributed by atoms with Crippen molar-refractivity contribution in [2.45, 2.75) is 12.5 Å². The average Bonchev–Trinajstić information content (AvgIpc) is 2.17. The Bertz CT molecular complexity index is 370. The molecule has 0 spiro atoms. The molecule has 1 rings (SSSR count). The maximum atomic E-state index is 10.5. The van der Waals surface area contributed by atoms with Crippen molar-refractivity contribution in [2.75, 3.05) is 7.11 Å². The Morgan fingerprint density at radius 2 is 2.47 bits per heavy atom. The van der Waals surface area contributed by atoms with Gasteiger partial charge in [0.2, 0.25) is 5.88 Å². The molecule has 0 bridgehead atoms. The number of carbonyl (C=O) groups is 1. The van der Waals surface area contributed by atoms with Gasteiger partial charge in [-0.1, -0.05) is 0 Å². The number of aliphatic carboxylic acids is 1. The van der Waals surface area contributed by atoms with E-state index < -0.39 is 12.0 Å². The molecule has 0 aliphatic carbocycles. The summed E-state index contributed by atoms with van der Waals surface area (Å²) in [4.78, 5) is 14.5. The molecule has 0 radical (unpaired) electrons. The van der Waals surface area contributed by atoms with Crippen LogP contribution in [0.2, 0.25) is 0 Å². The van der Waals surface area contributed by atoms with Crippen LogP contribution in [0.25, 0.3) is 0 Å². The summed E-state index contributed by atoms with van der Waals surface area (Å²) in [7, 11) is 1.49. The topological polar surface area (TPSA) is 85.4 Å². The molecule has 3 N–H and O–H groups in total. The second-order valence-corrected chi connectivity index (χ2v) is 3.81. The third-order valence-electron chi connectivity index (χ3n) is 1.86. The molecule has 1 aromatic heterocycles. The Kier molecular flexibility index (Phi) is 4.05. The molecule has 1 heterocycles. The first-order valence-corrected chi connectivity index (χ1v) is 5.00. The first-order valence-electron chi connectivity index (χ1n) is 4.21. The minimum absolute atomic E-state index is 0.133. The lowest BCUT2D eigenvalue weighted by Crippen LogP contribution is -2.15. The standard InChI is InChI=1S/C9H11BrN2O3/c1-15-8-2-5(6(10)4-12-8)7(11)3-9(13)14/h2,4,7H,3,11H2,1H3,(H,13,14). The second kappa shape index (κ2) is 5.09. The summed E-state index contributed by atoms with van der Waals surface area (Å²) in [5.41, 5.74) is 6.40. The highest BCUT2D eigenvalue weighted by molar-refractivity contribution is 9.10. The summed E-state index contributed by atoms with van der Waals surface area (Å²) in [6.07, 6.45) is 1.40. The molecule has 1 atom stereocenters. The molecular weight excluding hydrogens is 264 g/mol. The average molecular weight is 275 g/mol. The molecule has 15 heavy (non-hydrogen) atoms. The van der Waals surface area contributed by atoms with Crippen LogP contribution in [0.3, 0.4) is 0 Å². The lowest BCUT2D eigenvalue weighted by atomic mass is 10.1. The van der Waals surface area contributed by atoms with Gasteiger partial charge in [0.05, 0.1) is 13.5 Å². The zero-order valence-electron chi connectivity index (χ0n) is 8.11. The molecule has 0 aromatic carbocycles. The first-order chi connectivity index (χ1) is 7.04. The number of aromatic nitrogens is 1. The van der Waals surface area contributed by atoms with Crippen molar-refractivity contribution in [1.29, 1.82) is 0 Å². The van der Waals surface area contributed by atoms with Gasteiger partial charge in [-0.15, -0.1) is 0 Å². The molecule has 0 saturated carbocycles. The van der Waals surface area contributed by atoms with Crippen molar-refractivity contribution < 1.29 is 14.6 Å². The minimum atomic E-state index is -0.940. The van der Waals surface area contributed by atoms with Gasteiger partial charge in [0.15, 0.2) is 0 Å². The number of carboxylic acid groups (broad SMARTS) is 1. The van der Waals surface area contributed by atoms with Crippen LogP contribution in [0.15, 0.2) is 16.7 Å². The van der Waals surface area contributed by atoms with Crippen LogP contribution in [0, 0.1) is 0 Å². The number of pyridine rings is 1. The van der Waals surface area contributed by atoms with Crippen molar-refractivity contribution in [3.63, 3.8) is 0 Å². The van der Waals surface area contributed by atoms with E-state index in [0.717, 1.165) is 0 Å². The van der Waals surface area contributed by atoms with E-state index in [2.05, 4.69) is 20.9 Å². The number of methoxy groups -OCH3 is 1. The normalized spacial score (nSPS) is 12.2. The van der Waals surface area contributed by atoms with Gasteiger partial charge in [-0.05, 0) is 21.5 Å². The molecule has 6 heteroatoms. The fraction of sp³-hybridized carbons (Fsp3) is 0.333. The second-order valence-electron chi connectivity index (χ2n) is 2.95. The van der Waals surface area contributed by atoms with Gasteiger partial charge in [0, 0.05) is 22.8 Å². The monoisotopic (exact) mass is 274 g/mol. The molecule has 5 nitrogen and oxygen atoms in total. The zero-order valence-corrected chi connectivity index (χ0v) is 9.69. The van der Waals surface area contributed by atoms with Crippen LogP contribution in [0.4, 0.5) is 0 Å². The zero-order chi connectivity index (χ0) is 11.4. The first kappa shape index (κ1) is 11.9. The summed E-state index contributed by atoms with van der Waals surface area (Å²) < 4.78 is 5.61. The van der Waals surface area contributed by atoms with Gasteiger partial charge in [-0.2, -0.15) is 0 Å². The SMILES string of the molecule is COc1cc(C(N)CC(=O)O)c(Br)cn1. The van der Waals surface area contributed by atoms with Crippen molar-refractivity contribution in [1.82, 2.24) is 4.98 Å². The minimum Gasteiger partial charge on any atom is -0.481 e. The summed E-state index contributed by atoms with van der Waals surface area (Å²) in [5, 5.41) is 8.62. The third-order valence-corrected chi connectivity index (χ3v) is 2.53. The number of rotatable bonds is 4. The van der Waals surface area contributed by atoms with Crippen LogP contribution in [0.5, 0.6) is 5.88 Å². The Morgan fingerprint density at radius 3 is 3.00 bits per heavy atom. The van der Waals surface area contributed by atoms with E-state index in [9.17, 15) is 4.79 Å². The predicted octanol–water partition coefficient (Wildman–Crippen LogP) is 1.33. The van der Waals surface area contributed by atoms with Gasteiger partial charge in [0.25, 0.3) is 0 Å². The van der Waals surface area contributed by atoms with Gasteiger partial charge >= 0.3 is 5.97 Å². The number of nitrogens with two attached hydrogens (primary N) is 1. The van der Waals surface area contributed by atoms with E-state index in [0.29, 0.717) is 15.9 Å². The Balaban J connectivity index is 2.95. The number of carboxylic acids is 1. The summed E-state index contributed by atoms with van der Waals surface area (Å²) >= 11 is 3.26. The largest absolute Gasteiger partial charge is 0.481 e. The van der Waals surface area contributed by atoms with Crippen LogP contribution in [-0.4, -0.2) is 23.2 Å². The molecule has 0 aliphatic heterocycles. The molecule has 0 saturated heterocycles. The lowest BCUT2D eigenvalue weighted by molar-refractivity contribution is -0.137. The summed E-state index contributed by atoms with van der Waals surface area (Å²) in [5.74, 6) is -0.529. The number of halogens is 1. The highest BCUT2D eigenvalue weighted by atomic mass is 79.9. The predicted molar refractivity (Wildman–Crippen MR) is 57.7 cm³/mol. The molecule has 0 fully saturated rings. The van der Waals surface area contributed by atoms with Crippen LogP contribution in [0.1, 0.15) is 18.0 Å². The fourth-order valence-corrected chi connectivity index (χ4v) is 1.64.